The number of amidine groups is 1. The van der Waals surface area contributed by atoms with E-state index in [9.17, 15) is 9.59 Å². The molecule has 0 bridgehead atoms. The zero-order valence-corrected chi connectivity index (χ0v) is 14.8. The van der Waals surface area contributed by atoms with E-state index in [4.69, 9.17) is 0 Å². The molecule has 1 fully saturated rings. The molecule has 1 heterocycles. The Morgan fingerprint density at radius 2 is 2.17 bits per heavy atom. The highest BCUT2D eigenvalue weighted by molar-refractivity contribution is 8.15. The number of hydrogen-bond acceptors (Lipinski definition) is 4. The van der Waals surface area contributed by atoms with Crippen LogP contribution in [-0.4, -0.2) is 28.3 Å². The summed E-state index contributed by atoms with van der Waals surface area (Å²) >= 11 is 1.34. The number of hydrogen-bond donors (Lipinski definition) is 2. The molecule has 0 aliphatic carbocycles. The van der Waals surface area contributed by atoms with E-state index < -0.39 is 5.25 Å². The lowest BCUT2D eigenvalue weighted by molar-refractivity contribution is -0.122. The molecule has 1 aliphatic rings. The highest BCUT2D eigenvalue weighted by Gasteiger charge is 2.32. The highest BCUT2D eigenvalue weighted by Crippen LogP contribution is 2.24. The Kier molecular flexibility index (Phi) is 5.82. The van der Waals surface area contributed by atoms with Crippen LogP contribution in [0.3, 0.4) is 0 Å². The van der Waals surface area contributed by atoms with Gasteiger partial charge in [-0.3, -0.25) is 14.6 Å². The van der Waals surface area contributed by atoms with Crippen molar-refractivity contribution in [3.63, 3.8) is 0 Å². The Balaban J connectivity index is 1.95. The highest BCUT2D eigenvalue weighted by atomic mass is 32.2. The van der Waals surface area contributed by atoms with Gasteiger partial charge in [0, 0.05) is 18.2 Å². The summed E-state index contributed by atoms with van der Waals surface area (Å²) in [5, 5.41) is 5.84. The van der Waals surface area contributed by atoms with Crippen LogP contribution < -0.4 is 10.6 Å². The van der Waals surface area contributed by atoms with Crippen molar-refractivity contribution < 1.29 is 9.59 Å². The largest absolute Gasteiger partial charge is 0.326 e. The third kappa shape index (κ3) is 4.82. The van der Waals surface area contributed by atoms with Crippen LogP contribution in [0.4, 0.5) is 5.69 Å². The molecular weight excluding hydrogens is 310 g/mol. The first-order valence-corrected chi connectivity index (χ1v) is 8.69. The summed E-state index contributed by atoms with van der Waals surface area (Å²) in [5.41, 5.74) is 2.95. The number of aryl methyl sites for hydroxylation is 2. The van der Waals surface area contributed by atoms with Crippen LogP contribution >= 0.6 is 11.8 Å². The molecule has 0 saturated carbocycles. The minimum absolute atomic E-state index is 0.142. The molecule has 1 aromatic carbocycles. The molecule has 2 atom stereocenters. The second-order valence-corrected chi connectivity index (χ2v) is 7.05. The molecule has 124 valence electrons. The zero-order chi connectivity index (χ0) is 17.0. The normalized spacial score (nSPS) is 20.4. The SMILES string of the molecule is CC[C@H](C)N=C1NC(=O)[C@H](CC(=O)Nc2ccc(C)cc2C)S1. The number of thioether (sulfide) groups is 1. The van der Waals surface area contributed by atoms with Gasteiger partial charge in [0.2, 0.25) is 11.8 Å². The molecule has 2 amide bonds. The molecule has 5 nitrogen and oxygen atoms in total. The van der Waals surface area contributed by atoms with Crippen LogP contribution in [0.1, 0.15) is 37.8 Å². The number of nitrogens with one attached hydrogen (secondary N) is 2. The maximum atomic E-state index is 12.2. The van der Waals surface area contributed by atoms with Crippen molar-refractivity contribution in [3.05, 3.63) is 29.3 Å². The summed E-state index contributed by atoms with van der Waals surface area (Å²) in [6, 6.07) is 6.03. The van der Waals surface area contributed by atoms with Crippen molar-refractivity contribution in [2.75, 3.05) is 5.32 Å². The predicted molar refractivity (Wildman–Crippen MR) is 95.9 cm³/mol. The third-order valence-electron chi connectivity index (χ3n) is 3.73. The first-order valence-electron chi connectivity index (χ1n) is 7.81. The monoisotopic (exact) mass is 333 g/mol. The summed E-state index contributed by atoms with van der Waals surface area (Å²) in [7, 11) is 0. The summed E-state index contributed by atoms with van der Waals surface area (Å²) in [4.78, 5) is 28.6. The molecule has 0 spiro atoms. The number of carbonyl (C=O) groups excluding carboxylic acids is 2. The lowest BCUT2D eigenvalue weighted by Crippen LogP contribution is -2.28. The second kappa shape index (κ2) is 7.64. The molecule has 1 saturated heterocycles. The van der Waals surface area contributed by atoms with Crippen LogP contribution in [0.15, 0.2) is 23.2 Å². The molecule has 1 aliphatic heterocycles. The fourth-order valence-electron chi connectivity index (χ4n) is 2.22. The van der Waals surface area contributed by atoms with Gasteiger partial charge in [0.05, 0.1) is 0 Å². The molecule has 6 heteroatoms. The molecular formula is C17H23N3O2S. The number of nitrogens with zero attached hydrogens (tertiary/aromatic N) is 1. The Hall–Kier alpha value is -1.82. The van der Waals surface area contributed by atoms with E-state index in [0.29, 0.717) is 5.17 Å². The van der Waals surface area contributed by atoms with E-state index in [1.807, 2.05) is 45.9 Å². The van der Waals surface area contributed by atoms with Crippen molar-refractivity contribution in [2.45, 2.75) is 51.8 Å². The van der Waals surface area contributed by atoms with Crippen molar-refractivity contribution >= 4 is 34.4 Å². The molecule has 1 aromatic rings. The maximum absolute atomic E-state index is 12.2. The minimum Gasteiger partial charge on any atom is -0.326 e. The smallest absolute Gasteiger partial charge is 0.240 e. The average molecular weight is 333 g/mol. The van der Waals surface area contributed by atoms with E-state index in [1.165, 1.54) is 11.8 Å². The molecule has 2 N–H and O–H groups in total. The van der Waals surface area contributed by atoms with Crippen LogP contribution in [0.25, 0.3) is 0 Å². The first-order chi connectivity index (χ1) is 10.9. The minimum atomic E-state index is -0.413. The van der Waals surface area contributed by atoms with Crippen LogP contribution in [-0.2, 0) is 9.59 Å². The predicted octanol–water partition coefficient (Wildman–Crippen LogP) is 3.02. The molecule has 0 unspecified atom stereocenters. The van der Waals surface area contributed by atoms with Gasteiger partial charge in [0.1, 0.15) is 5.25 Å². The van der Waals surface area contributed by atoms with Gasteiger partial charge in [0.25, 0.3) is 0 Å². The summed E-state index contributed by atoms with van der Waals surface area (Å²) in [6.07, 6.45) is 1.06. The summed E-state index contributed by atoms with van der Waals surface area (Å²) in [6.45, 7) is 8.01. The quantitative estimate of drug-likeness (QED) is 0.870. The second-order valence-electron chi connectivity index (χ2n) is 5.86. The lowest BCUT2D eigenvalue weighted by atomic mass is 10.1. The van der Waals surface area contributed by atoms with Gasteiger partial charge in [0.15, 0.2) is 5.17 Å². The third-order valence-corrected chi connectivity index (χ3v) is 4.83. The fraction of sp³-hybridized carbons (Fsp3) is 0.471. The van der Waals surface area contributed by atoms with E-state index >= 15 is 0 Å². The number of rotatable bonds is 5. The van der Waals surface area contributed by atoms with Gasteiger partial charge >= 0.3 is 0 Å². The first kappa shape index (κ1) is 17.5. The van der Waals surface area contributed by atoms with Gasteiger partial charge in [-0.25, -0.2) is 0 Å². The molecule has 2 rings (SSSR count). The van der Waals surface area contributed by atoms with E-state index in [1.54, 1.807) is 0 Å². The van der Waals surface area contributed by atoms with Crippen LogP contribution in [0.5, 0.6) is 0 Å². The van der Waals surface area contributed by atoms with Crippen LogP contribution in [0.2, 0.25) is 0 Å². The topological polar surface area (TPSA) is 70.6 Å². The molecule has 0 radical (unpaired) electrons. The van der Waals surface area contributed by atoms with E-state index in [-0.39, 0.29) is 24.3 Å². The summed E-state index contributed by atoms with van der Waals surface area (Å²) < 4.78 is 0. The summed E-state index contributed by atoms with van der Waals surface area (Å²) in [5.74, 6) is -0.303. The van der Waals surface area contributed by atoms with Gasteiger partial charge in [-0.2, -0.15) is 0 Å². The Morgan fingerprint density at radius 1 is 1.43 bits per heavy atom. The standard InChI is InChI=1S/C17H23N3O2S/c1-5-12(4)18-17-20-16(22)14(23-17)9-15(21)19-13-7-6-10(2)8-11(13)3/h6-8,12,14H,5,9H2,1-4H3,(H,19,21)(H,18,20,22)/t12-,14-/m0/s1. The fourth-order valence-corrected chi connectivity index (χ4v) is 3.29. The van der Waals surface area contributed by atoms with Crippen molar-refractivity contribution in [1.29, 1.82) is 0 Å². The van der Waals surface area contributed by atoms with Gasteiger partial charge < -0.3 is 10.6 Å². The number of carbonyl (C=O) groups is 2. The molecule has 0 aromatic heterocycles. The average Bonchev–Trinajstić information content (AvgIpc) is 2.81. The lowest BCUT2D eigenvalue weighted by Gasteiger charge is -2.10. The number of aliphatic imine (C=N–C) groups is 1. The zero-order valence-electron chi connectivity index (χ0n) is 14.0. The van der Waals surface area contributed by atoms with Crippen molar-refractivity contribution in [1.82, 2.24) is 5.32 Å². The van der Waals surface area contributed by atoms with Crippen molar-refractivity contribution in [2.24, 2.45) is 4.99 Å². The van der Waals surface area contributed by atoms with Crippen LogP contribution in [0, 0.1) is 13.8 Å². The number of benzene rings is 1. The Morgan fingerprint density at radius 3 is 2.83 bits per heavy atom. The Bertz CT molecular complexity index is 643. The number of anilines is 1. The maximum Gasteiger partial charge on any atom is 0.240 e. The van der Waals surface area contributed by atoms with Crippen molar-refractivity contribution in [3.8, 4) is 0 Å². The molecule has 23 heavy (non-hydrogen) atoms. The van der Waals surface area contributed by atoms with Gasteiger partial charge in [-0.15, -0.1) is 0 Å². The van der Waals surface area contributed by atoms with Gasteiger partial charge in [-0.05, 0) is 38.8 Å². The Labute approximate surface area is 141 Å². The van der Waals surface area contributed by atoms with E-state index in [2.05, 4.69) is 15.6 Å². The van der Waals surface area contributed by atoms with E-state index in [0.717, 1.165) is 23.2 Å². The number of amides is 2. The van der Waals surface area contributed by atoms with Gasteiger partial charge in [-0.1, -0.05) is 36.4 Å².